The van der Waals surface area contributed by atoms with Crippen LogP contribution < -0.4 is 10.1 Å². The van der Waals surface area contributed by atoms with Gasteiger partial charge < -0.3 is 10.1 Å². The highest BCUT2D eigenvalue weighted by atomic mass is 32.1. The molecule has 0 aliphatic heterocycles. The third kappa shape index (κ3) is 4.65. The van der Waals surface area contributed by atoms with Gasteiger partial charge >= 0.3 is 0 Å². The van der Waals surface area contributed by atoms with Gasteiger partial charge in [-0.05, 0) is 67.1 Å². The number of hydrogen-bond acceptors (Lipinski definition) is 5. The van der Waals surface area contributed by atoms with E-state index in [2.05, 4.69) is 28.4 Å². The van der Waals surface area contributed by atoms with E-state index >= 15 is 0 Å². The number of rotatable bonds is 6. The second-order valence-corrected chi connectivity index (χ2v) is 8.64. The van der Waals surface area contributed by atoms with Crippen LogP contribution in [0.4, 0.5) is 14.5 Å². The van der Waals surface area contributed by atoms with Gasteiger partial charge in [0.1, 0.15) is 10.8 Å². The van der Waals surface area contributed by atoms with Crippen LogP contribution in [-0.2, 0) is 6.73 Å². The zero-order valence-electron chi connectivity index (χ0n) is 18.0. The van der Waals surface area contributed by atoms with Gasteiger partial charge in [0, 0.05) is 23.5 Å². The lowest BCUT2D eigenvalue weighted by molar-refractivity contribution is 0.102. The van der Waals surface area contributed by atoms with Gasteiger partial charge in [0.25, 0.3) is 5.91 Å². The monoisotopic (exact) mass is 476 g/mol. The van der Waals surface area contributed by atoms with Crippen molar-refractivity contribution in [3.8, 4) is 16.3 Å². The number of thiazole rings is 1. The van der Waals surface area contributed by atoms with E-state index in [-0.39, 0.29) is 18.2 Å². The molecule has 2 heterocycles. The van der Waals surface area contributed by atoms with E-state index in [0.717, 1.165) is 32.9 Å². The molecule has 170 valence electrons. The van der Waals surface area contributed by atoms with Crippen LogP contribution in [0, 0.1) is 18.6 Å². The lowest BCUT2D eigenvalue weighted by atomic mass is 10.2. The molecule has 0 bridgehead atoms. The van der Waals surface area contributed by atoms with E-state index in [9.17, 15) is 13.6 Å². The molecule has 0 atom stereocenters. The normalized spacial score (nSPS) is 11.0. The highest BCUT2D eigenvalue weighted by molar-refractivity contribution is 7.21. The smallest absolute Gasteiger partial charge is 0.276 e. The molecular formula is C25H18F2N4O2S. The molecule has 0 radical (unpaired) electrons. The van der Waals surface area contributed by atoms with Crippen molar-refractivity contribution in [2.24, 2.45) is 0 Å². The molecule has 2 aromatic heterocycles. The van der Waals surface area contributed by atoms with Crippen molar-refractivity contribution in [2.75, 3.05) is 5.32 Å². The molecule has 0 unspecified atom stereocenters. The van der Waals surface area contributed by atoms with Crippen LogP contribution in [0.1, 0.15) is 16.1 Å². The van der Waals surface area contributed by atoms with Crippen molar-refractivity contribution in [1.82, 2.24) is 14.8 Å². The Labute approximate surface area is 197 Å². The van der Waals surface area contributed by atoms with Gasteiger partial charge in [0.05, 0.1) is 10.2 Å². The average molecular weight is 477 g/mol. The molecule has 5 rings (SSSR count). The number of amides is 1. The molecule has 1 amide bonds. The third-order valence-electron chi connectivity index (χ3n) is 5.05. The summed E-state index contributed by atoms with van der Waals surface area (Å²) < 4.78 is 34.4. The van der Waals surface area contributed by atoms with Crippen molar-refractivity contribution >= 4 is 33.1 Å². The molecule has 0 saturated carbocycles. The first kappa shape index (κ1) is 21.7. The summed E-state index contributed by atoms with van der Waals surface area (Å²) in [5.41, 5.74) is 3.91. The van der Waals surface area contributed by atoms with E-state index in [0.29, 0.717) is 5.69 Å². The molecule has 5 aromatic rings. The first-order chi connectivity index (χ1) is 16.4. The second kappa shape index (κ2) is 9.03. The Bertz CT molecular complexity index is 1490. The fourth-order valence-corrected chi connectivity index (χ4v) is 4.40. The van der Waals surface area contributed by atoms with Gasteiger partial charge in [0.15, 0.2) is 24.0 Å². The summed E-state index contributed by atoms with van der Waals surface area (Å²) >= 11 is 1.62. The van der Waals surface area contributed by atoms with Crippen molar-refractivity contribution in [3.63, 3.8) is 0 Å². The number of aryl methyl sites for hydroxylation is 1. The van der Waals surface area contributed by atoms with Gasteiger partial charge in [-0.2, -0.15) is 5.10 Å². The maximum absolute atomic E-state index is 13.7. The number of nitrogens with zero attached hydrogens (tertiary/aromatic N) is 3. The quantitative estimate of drug-likeness (QED) is 0.325. The molecule has 6 nitrogen and oxygen atoms in total. The van der Waals surface area contributed by atoms with E-state index < -0.39 is 17.5 Å². The summed E-state index contributed by atoms with van der Waals surface area (Å²) in [5, 5.41) is 7.85. The summed E-state index contributed by atoms with van der Waals surface area (Å²) in [7, 11) is 0. The molecule has 3 aromatic carbocycles. The van der Waals surface area contributed by atoms with Gasteiger partial charge in [-0.1, -0.05) is 6.07 Å². The molecule has 0 aliphatic rings. The van der Waals surface area contributed by atoms with Crippen LogP contribution in [0.2, 0.25) is 0 Å². The minimum Gasteiger partial charge on any atom is -0.468 e. The Morgan fingerprint density at radius 1 is 1.06 bits per heavy atom. The molecule has 1 N–H and O–H groups in total. The molecule has 0 fully saturated rings. The number of aromatic nitrogens is 3. The lowest BCUT2D eigenvalue weighted by Crippen LogP contribution is -2.14. The highest BCUT2D eigenvalue weighted by Crippen LogP contribution is 2.31. The number of nitrogens with one attached hydrogen (secondary N) is 1. The topological polar surface area (TPSA) is 69.0 Å². The minimum absolute atomic E-state index is 0.105. The van der Waals surface area contributed by atoms with Crippen LogP contribution in [0.15, 0.2) is 72.9 Å². The number of hydrogen-bond donors (Lipinski definition) is 1. The Morgan fingerprint density at radius 3 is 2.68 bits per heavy atom. The predicted octanol–water partition coefficient (Wildman–Crippen LogP) is 6.04. The number of carbonyl (C=O) groups excluding carboxylic acids is 1. The van der Waals surface area contributed by atoms with Crippen LogP contribution in [0.3, 0.4) is 0 Å². The standard InChI is InChI=1S/C25H18F2N4O2S/c1-15-2-8-20-23(12-15)34-25(29-20)16-3-6-18(7-4-16)28-24(32)21-10-11-31(30-21)14-33-22-9-5-17(26)13-19(22)27/h2-13H,14H2,1H3,(H,28,32). The van der Waals surface area contributed by atoms with Crippen molar-refractivity contribution in [3.05, 3.63) is 95.8 Å². The van der Waals surface area contributed by atoms with Gasteiger partial charge in [-0.3, -0.25) is 4.79 Å². The number of carbonyl (C=O) groups is 1. The molecule has 0 saturated heterocycles. The minimum atomic E-state index is -0.811. The number of benzene rings is 3. The number of ether oxygens (including phenoxy) is 1. The number of fused-ring (bicyclic) bond motifs is 1. The highest BCUT2D eigenvalue weighted by Gasteiger charge is 2.12. The maximum Gasteiger partial charge on any atom is 0.276 e. The van der Waals surface area contributed by atoms with Gasteiger partial charge in [-0.15, -0.1) is 11.3 Å². The number of anilines is 1. The summed E-state index contributed by atoms with van der Waals surface area (Å²) in [6, 6.07) is 18.2. The Hall–Kier alpha value is -4.11. The summed E-state index contributed by atoms with van der Waals surface area (Å²) in [4.78, 5) is 17.2. The van der Waals surface area contributed by atoms with Crippen LogP contribution in [0.25, 0.3) is 20.8 Å². The molecular weight excluding hydrogens is 458 g/mol. The van der Waals surface area contributed by atoms with Gasteiger partial charge in [-0.25, -0.2) is 18.4 Å². The van der Waals surface area contributed by atoms with Crippen LogP contribution in [-0.4, -0.2) is 20.7 Å². The van der Waals surface area contributed by atoms with Crippen molar-refractivity contribution < 1.29 is 18.3 Å². The van der Waals surface area contributed by atoms with Crippen molar-refractivity contribution in [1.29, 1.82) is 0 Å². The first-order valence-corrected chi connectivity index (χ1v) is 11.2. The Morgan fingerprint density at radius 2 is 1.88 bits per heavy atom. The third-order valence-corrected chi connectivity index (χ3v) is 6.12. The summed E-state index contributed by atoms with van der Waals surface area (Å²) in [6.07, 6.45) is 1.54. The SMILES string of the molecule is Cc1ccc2nc(-c3ccc(NC(=O)c4ccn(COc5ccc(F)cc5F)n4)cc3)sc2c1. The van der Waals surface area contributed by atoms with E-state index in [4.69, 9.17) is 4.74 Å². The second-order valence-electron chi connectivity index (χ2n) is 7.61. The largest absolute Gasteiger partial charge is 0.468 e. The van der Waals surface area contributed by atoms with E-state index in [1.807, 2.05) is 36.4 Å². The Balaban J connectivity index is 1.22. The molecule has 0 aliphatic carbocycles. The first-order valence-electron chi connectivity index (χ1n) is 10.3. The van der Waals surface area contributed by atoms with E-state index in [1.54, 1.807) is 11.3 Å². The lowest BCUT2D eigenvalue weighted by Gasteiger charge is -2.07. The maximum atomic E-state index is 13.7. The van der Waals surface area contributed by atoms with E-state index in [1.165, 1.54) is 28.6 Å². The zero-order valence-corrected chi connectivity index (χ0v) is 18.8. The number of halogens is 2. The zero-order chi connectivity index (χ0) is 23.7. The van der Waals surface area contributed by atoms with Crippen molar-refractivity contribution in [2.45, 2.75) is 13.7 Å². The molecule has 0 spiro atoms. The Kier molecular flexibility index (Phi) is 5.77. The fraction of sp³-hybridized carbons (Fsp3) is 0.0800. The van der Waals surface area contributed by atoms with Gasteiger partial charge in [0.2, 0.25) is 0 Å². The van der Waals surface area contributed by atoms with Crippen LogP contribution >= 0.6 is 11.3 Å². The summed E-state index contributed by atoms with van der Waals surface area (Å²) in [5.74, 6) is -2.00. The molecule has 34 heavy (non-hydrogen) atoms. The van der Waals surface area contributed by atoms with Crippen LogP contribution in [0.5, 0.6) is 5.75 Å². The molecule has 9 heteroatoms. The average Bonchev–Trinajstić information content (AvgIpc) is 3.46. The fourth-order valence-electron chi connectivity index (χ4n) is 3.33. The summed E-state index contributed by atoms with van der Waals surface area (Å²) in [6.45, 7) is 1.92. The predicted molar refractivity (Wildman–Crippen MR) is 127 cm³/mol.